The normalized spacial score (nSPS) is 11.4. The molecule has 108 valence electrons. The van der Waals surface area contributed by atoms with E-state index in [1.165, 1.54) is 0 Å². The van der Waals surface area contributed by atoms with E-state index >= 15 is 0 Å². The second kappa shape index (κ2) is 5.28. The fraction of sp³-hybridized carbons (Fsp3) is 0.333. The van der Waals surface area contributed by atoms with Crippen LogP contribution in [0.4, 0.5) is 24.9 Å². The van der Waals surface area contributed by atoms with E-state index in [2.05, 4.69) is 25.4 Å². The van der Waals surface area contributed by atoms with Gasteiger partial charge in [-0.15, -0.1) is 0 Å². The summed E-state index contributed by atoms with van der Waals surface area (Å²) < 4.78 is 42.6. The topological polar surface area (TPSA) is 115 Å². The van der Waals surface area contributed by atoms with Gasteiger partial charge in [0, 0.05) is 13.0 Å². The number of nitrogens with zero attached hydrogens (tertiary/aromatic N) is 4. The molecule has 2 heterocycles. The minimum atomic E-state index is -4.60. The van der Waals surface area contributed by atoms with Crippen LogP contribution in [0.15, 0.2) is 10.6 Å². The third-order valence-corrected chi connectivity index (χ3v) is 2.14. The molecule has 0 fully saturated rings. The number of anilines is 2. The van der Waals surface area contributed by atoms with E-state index in [9.17, 15) is 13.2 Å². The first-order valence-corrected chi connectivity index (χ1v) is 5.34. The molecular formula is C9H10F3N7O. The van der Waals surface area contributed by atoms with Crippen LogP contribution in [-0.2, 0) is 12.7 Å². The molecule has 0 radical (unpaired) electrons. The van der Waals surface area contributed by atoms with Gasteiger partial charge >= 0.3 is 6.18 Å². The standard InChI is InChI=1S/C9H10F3N7O/c1-4-15-7(19-20-4)3-14-6-2-5(9(10,11)12)16-8(17-6)18-13/h2H,3,13H2,1H3,(H2,14,16,17,18). The Hall–Kier alpha value is -2.43. The minimum absolute atomic E-state index is 0.0513. The summed E-state index contributed by atoms with van der Waals surface area (Å²) in [5, 5.41) is 6.22. The average molecular weight is 289 g/mol. The van der Waals surface area contributed by atoms with E-state index in [-0.39, 0.29) is 24.1 Å². The van der Waals surface area contributed by atoms with E-state index in [0.29, 0.717) is 5.89 Å². The van der Waals surface area contributed by atoms with E-state index < -0.39 is 11.9 Å². The van der Waals surface area contributed by atoms with Crippen molar-refractivity contribution in [2.45, 2.75) is 19.6 Å². The van der Waals surface area contributed by atoms with Crippen LogP contribution in [-0.4, -0.2) is 20.1 Å². The van der Waals surface area contributed by atoms with Crippen LogP contribution in [0.2, 0.25) is 0 Å². The number of nitrogens with two attached hydrogens (primary N) is 1. The van der Waals surface area contributed by atoms with Gasteiger partial charge in [-0.05, 0) is 0 Å². The summed E-state index contributed by atoms with van der Waals surface area (Å²) in [5.41, 5.74) is 0.852. The van der Waals surface area contributed by atoms with Gasteiger partial charge in [-0.1, -0.05) is 5.16 Å². The zero-order valence-electron chi connectivity index (χ0n) is 10.2. The van der Waals surface area contributed by atoms with Crippen molar-refractivity contribution in [3.63, 3.8) is 0 Å². The third-order valence-electron chi connectivity index (χ3n) is 2.14. The number of aryl methyl sites for hydroxylation is 1. The number of halogens is 3. The second-order valence-electron chi connectivity index (χ2n) is 3.69. The summed E-state index contributed by atoms with van der Waals surface area (Å²) >= 11 is 0. The predicted octanol–water partition coefficient (Wildman–Crippen LogP) is 1.08. The van der Waals surface area contributed by atoms with Crippen LogP contribution in [0, 0.1) is 6.92 Å². The Balaban J connectivity index is 2.18. The highest BCUT2D eigenvalue weighted by atomic mass is 19.4. The number of nitrogen functional groups attached to an aromatic ring is 1. The van der Waals surface area contributed by atoms with Crippen molar-refractivity contribution in [2.75, 3.05) is 10.7 Å². The molecule has 20 heavy (non-hydrogen) atoms. The summed E-state index contributed by atoms with van der Waals surface area (Å²) in [6, 6.07) is 0.758. The Morgan fingerprint density at radius 2 is 2.05 bits per heavy atom. The fourth-order valence-corrected chi connectivity index (χ4v) is 1.33. The van der Waals surface area contributed by atoms with Crippen LogP contribution in [0.5, 0.6) is 0 Å². The summed E-state index contributed by atoms with van der Waals surface area (Å²) in [4.78, 5) is 10.9. The molecule has 0 aliphatic rings. The molecule has 2 aromatic rings. The van der Waals surface area contributed by atoms with Crippen LogP contribution in [0.1, 0.15) is 17.4 Å². The first kappa shape index (κ1) is 14.0. The van der Waals surface area contributed by atoms with Crippen LogP contribution < -0.4 is 16.6 Å². The Kier molecular flexibility index (Phi) is 3.70. The molecule has 0 saturated heterocycles. The molecule has 0 aliphatic heterocycles. The van der Waals surface area contributed by atoms with Crippen molar-refractivity contribution < 1.29 is 17.7 Å². The quantitative estimate of drug-likeness (QED) is 0.566. The fourth-order valence-electron chi connectivity index (χ4n) is 1.33. The Morgan fingerprint density at radius 3 is 2.60 bits per heavy atom. The number of hydrogen-bond acceptors (Lipinski definition) is 8. The third kappa shape index (κ3) is 3.32. The van der Waals surface area contributed by atoms with Gasteiger partial charge in [0.05, 0.1) is 6.54 Å². The van der Waals surface area contributed by atoms with Crippen LogP contribution in [0.25, 0.3) is 0 Å². The smallest absolute Gasteiger partial charge is 0.362 e. The number of aromatic nitrogens is 4. The van der Waals surface area contributed by atoms with E-state index in [1.807, 2.05) is 5.43 Å². The van der Waals surface area contributed by atoms with Gasteiger partial charge in [-0.25, -0.2) is 10.8 Å². The van der Waals surface area contributed by atoms with E-state index in [1.54, 1.807) is 6.92 Å². The highest BCUT2D eigenvalue weighted by Crippen LogP contribution is 2.29. The van der Waals surface area contributed by atoms with Crippen molar-refractivity contribution in [2.24, 2.45) is 5.84 Å². The molecule has 0 saturated carbocycles. The largest absolute Gasteiger partial charge is 0.433 e. The predicted molar refractivity (Wildman–Crippen MR) is 61.2 cm³/mol. The summed E-state index contributed by atoms with van der Waals surface area (Å²) in [6.07, 6.45) is -4.60. The lowest BCUT2D eigenvalue weighted by Crippen LogP contribution is -2.17. The summed E-state index contributed by atoms with van der Waals surface area (Å²) in [7, 11) is 0. The van der Waals surface area contributed by atoms with Gasteiger partial charge in [0.15, 0.2) is 11.5 Å². The maximum atomic E-state index is 12.6. The molecule has 2 aromatic heterocycles. The van der Waals surface area contributed by atoms with Gasteiger partial charge in [0.1, 0.15) is 5.82 Å². The van der Waals surface area contributed by atoms with E-state index in [4.69, 9.17) is 10.4 Å². The summed E-state index contributed by atoms with van der Waals surface area (Å²) in [6.45, 7) is 1.65. The zero-order valence-corrected chi connectivity index (χ0v) is 10.2. The van der Waals surface area contributed by atoms with Gasteiger partial charge in [-0.3, -0.25) is 5.43 Å². The molecule has 0 unspecified atom stereocenters. The van der Waals surface area contributed by atoms with E-state index in [0.717, 1.165) is 6.07 Å². The van der Waals surface area contributed by atoms with Gasteiger partial charge in [0.2, 0.25) is 11.8 Å². The lowest BCUT2D eigenvalue weighted by atomic mass is 10.3. The van der Waals surface area contributed by atoms with Crippen molar-refractivity contribution in [1.29, 1.82) is 0 Å². The van der Waals surface area contributed by atoms with Crippen LogP contribution >= 0.6 is 0 Å². The molecule has 0 bridgehead atoms. The molecule has 0 atom stereocenters. The number of hydrazine groups is 1. The van der Waals surface area contributed by atoms with Crippen LogP contribution in [0.3, 0.4) is 0 Å². The van der Waals surface area contributed by atoms with Gasteiger partial charge < -0.3 is 9.84 Å². The molecule has 0 spiro atoms. The van der Waals surface area contributed by atoms with Gasteiger partial charge in [-0.2, -0.15) is 23.1 Å². The zero-order chi connectivity index (χ0) is 14.8. The first-order chi connectivity index (χ1) is 9.38. The van der Waals surface area contributed by atoms with Crippen molar-refractivity contribution in [1.82, 2.24) is 20.1 Å². The first-order valence-electron chi connectivity index (χ1n) is 5.34. The maximum absolute atomic E-state index is 12.6. The SMILES string of the molecule is Cc1nc(CNc2cc(C(F)(F)F)nc(NN)n2)no1. The van der Waals surface area contributed by atoms with Crippen molar-refractivity contribution in [3.05, 3.63) is 23.5 Å². The molecular weight excluding hydrogens is 279 g/mol. The van der Waals surface area contributed by atoms with Crippen molar-refractivity contribution >= 4 is 11.8 Å². The number of alkyl halides is 3. The number of hydrogen-bond donors (Lipinski definition) is 3. The molecule has 8 nitrogen and oxygen atoms in total. The van der Waals surface area contributed by atoms with Crippen molar-refractivity contribution in [3.8, 4) is 0 Å². The molecule has 0 amide bonds. The Morgan fingerprint density at radius 1 is 1.30 bits per heavy atom. The molecule has 0 aliphatic carbocycles. The number of rotatable bonds is 4. The lowest BCUT2D eigenvalue weighted by molar-refractivity contribution is -0.141. The monoisotopic (exact) mass is 289 g/mol. The van der Waals surface area contributed by atoms with Gasteiger partial charge in [0.25, 0.3) is 0 Å². The highest BCUT2D eigenvalue weighted by Gasteiger charge is 2.33. The molecule has 11 heteroatoms. The second-order valence-corrected chi connectivity index (χ2v) is 3.69. The lowest BCUT2D eigenvalue weighted by Gasteiger charge is -2.10. The Labute approximate surface area is 110 Å². The molecule has 4 N–H and O–H groups in total. The average Bonchev–Trinajstić information content (AvgIpc) is 2.81. The molecule has 2 rings (SSSR count). The maximum Gasteiger partial charge on any atom is 0.433 e. The highest BCUT2D eigenvalue weighted by molar-refractivity contribution is 5.42. The summed E-state index contributed by atoms with van der Waals surface area (Å²) in [5.74, 6) is 5.25. The number of nitrogens with one attached hydrogen (secondary N) is 2. The molecule has 0 aromatic carbocycles. The Bertz CT molecular complexity index is 597. The minimum Gasteiger partial charge on any atom is -0.362 e.